The lowest BCUT2D eigenvalue weighted by molar-refractivity contribution is -0.151. The van der Waals surface area contributed by atoms with E-state index in [1.54, 1.807) is 29.2 Å². The first-order valence-corrected chi connectivity index (χ1v) is 10.9. The summed E-state index contributed by atoms with van der Waals surface area (Å²) < 4.78 is 10.2. The van der Waals surface area contributed by atoms with Crippen LogP contribution in [0.2, 0.25) is 0 Å². The topological polar surface area (TPSA) is 102 Å². The van der Waals surface area contributed by atoms with E-state index < -0.39 is 30.4 Å². The second kappa shape index (κ2) is 10.8. The van der Waals surface area contributed by atoms with E-state index in [2.05, 4.69) is 5.32 Å². The summed E-state index contributed by atoms with van der Waals surface area (Å²) >= 11 is 0. The Morgan fingerprint density at radius 2 is 1.70 bits per heavy atom. The van der Waals surface area contributed by atoms with Crippen LogP contribution in [0, 0.1) is 19.8 Å². The fourth-order valence-electron chi connectivity index (χ4n) is 3.73. The molecule has 0 aromatic heterocycles. The van der Waals surface area contributed by atoms with Gasteiger partial charge in [-0.2, -0.15) is 0 Å². The van der Waals surface area contributed by atoms with E-state index in [-0.39, 0.29) is 18.9 Å². The molecule has 2 aromatic carbocycles. The van der Waals surface area contributed by atoms with Gasteiger partial charge in [0.05, 0.1) is 18.1 Å². The molecule has 2 aromatic rings. The number of benzene rings is 2. The SMILES string of the molecule is CCCOC(=O)c1ccc(NC(=O)COC(=O)[C@H]2CC(=O)N(c3c(C)cccc3C)C2)cc1. The van der Waals surface area contributed by atoms with E-state index in [0.29, 0.717) is 17.9 Å². The van der Waals surface area contributed by atoms with Crippen LogP contribution in [0.1, 0.15) is 41.3 Å². The molecule has 3 rings (SSSR count). The number of ether oxygens (including phenoxy) is 2. The number of carbonyl (C=O) groups excluding carboxylic acids is 4. The summed E-state index contributed by atoms with van der Waals surface area (Å²) in [5.74, 6) is -2.29. The summed E-state index contributed by atoms with van der Waals surface area (Å²) in [5, 5.41) is 2.61. The fourth-order valence-corrected chi connectivity index (χ4v) is 3.73. The lowest BCUT2D eigenvalue weighted by Crippen LogP contribution is -2.29. The van der Waals surface area contributed by atoms with E-state index in [4.69, 9.17) is 9.47 Å². The molecule has 1 fully saturated rings. The third kappa shape index (κ3) is 5.97. The Labute approximate surface area is 192 Å². The quantitative estimate of drug-likeness (QED) is 0.616. The highest BCUT2D eigenvalue weighted by Crippen LogP contribution is 2.31. The molecule has 0 aliphatic carbocycles. The van der Waals surface area contributed by atoms with Gasteiger partial charge in [0, 0.05) is 24.3 Å². The average molecular weight is 453 g/mol. The zero-order valence-corrected chi connectivity index (χ0v) is 19.1. The van der Waals surface area contributed by atoms with Crippen LogP contribution in [0.3, 0.4) is 0 Å². The molecule has 1 heterocycles. The minimum absolute atomic E-state index is 0.0455. The molecule has 0 spiro atoms. The first-order chi connectivity index (χ1) is 15.8. The number of amides is 2. The van der Waals surface area contributed by atoms with Crippen molar-refractivity contribution >= 4 is 35.1 Å². The van der Waals surface area contributed by atoms with Gasteiger partial charge in [-0.25, -0.2) is 4.79 Å². The molecule has 1 aliphatic rings. The molecular formula is C25H28N2O6. The Balaban J connectivity index is 1.50. The Morgan fingerprint density at radius 1 is 1.03 bits per heavy atom. The van der Waals surface area contributed by atoms with Gasteiger partial charge in [0.15, 0.2) is 6.61 Å². The van der Waals surface area contributed by atoms with Gasteiger partial charge in [-0.1, -0.05) is 25.1 Å². The normalized spacial score (nSPS) is 15.3. The summed E-state index contributed by atoms with van der Waals surface area (Å²) in [4.78, 5) is 50.6. The van der Waals surface area contributed by atoms with E-state index in [1.165, 1.54) is 0 Å². The minimum Gasteiger partial charge on any atom is -0.462 e. The van der Waals surface area contributed by atoms with Crippen LogP contribution in [-0.4, -0.2) is 43.5 Å². The second-order valence-corrected chi connectivity index (χ2v) is 8.01. The van der Waals surface area contributed by atoms with Crippen LogP contribution in [0.4, 0.5) is 11.4 Å². The van der Waals surface area contributed by atoms with Crippen molar-refractivity contribution < 1.29 is 28.7 Å². The highest BCUT2D eigenvalue weighted by molar-refractivity contribution is 6.01. The molecule has 8 heteroatoms. The molecule has 33 heavy (non-hydrogen) atoms. The maximum atomic E-state index is 12.5. The van der Waals surface area contributed by atoms with Crippen LogP contribution in [0.5, 0.6) is 0 Å². The van der Waals surface area contributed by atoms with Gasteiger partial charge in [0.2, 0.25) is 5.91 Å². The first kappa shape index (κ1) is 24.0. The third-order valence-corrected chi connectivity index (χ3v) is 5.35. The lowest BCUT2D eigenvalue weighted by Gasteiger charge is -2.21. The van der Waals surface area contributed by atoms with Crippen molar-refractivity contribution in [2.75, 3.05) is 30.0 Å². The van der Waals surface area contributed by atoms with Crippen molar-refractivity contribution in [3.63, 3.8) is 0 Å². The Morgan fingerprint density at radius 3 is 2.33 bits per heavy atom. The number of esters is 2. The largest absolute Gasteiger partial charge is 0.462 e. The number of hydrogen-bond acceptors (Lipinski definition) is 6. The number of para-hydroxylation sites is 1. The molecule has 2 amide bonds. The van der Waals surface area contributed by atoms with Crippen molar-refractivity contribution in [3.8, 4) is 0 Å². The van der Waals surface area contributed by atoms with Crippen LogP contribution in [0.15, 0.2) is 42.5 Å². The Hall–Kier alpha value is -3.68. The average Bonchev–Trinajstić information content (AvgIpc) is 3.17. The molecule has 0 unspecified atom stereocenters. The number of anilines is 2. The molecule has 1 atom stereocenters. The third-order valence-electron chi connectivity index (χ3n) is 5.35. The van der Waals surface area contributed by atoms with Crippen LogP contribution in [0.25, 0.3) is 0 Å². The van der Waals surface area contributed by atoms with Gasteiger partial charge in [0.1, 0.15) is 0 Å². The van der Waals surface area contributed by atoms with Gasteiger partial charge < -0.3 is 19.7 Å². The molecular weight excluding hydrogens is 424 g/mol. The fraction of sp³-hybridized carbons (Fsp3) is 0.360. The van der Waals surface area contributed by atoms with Crippen molar-refractivity contribution in [3.05, 3.63) is 59.2 Å². The first-order valence-electron chi connectivity index (χ1n) is 10.9. The number of nitrogens with zero attached hydrogens (tertiary/aromatic N) is 1. The molecule has 0 saturated carbocycles. The zero-order valence-electron chi connectivity index (χ0n) is 19.1. The highest BCUT2D eigenvalue weighted by atomic mass is 16.5. The van der Waals surface area contributed by atoms with Gasteiger partial charge in [-0.05, 0) is 55.7 Å². The van der Waals surface area contributed by atoms with Crippen molar-refractivity contribution in [1.82, 2.24) is 0 Å². The van der Waals surface area contributed by atoms with Crippen molar-refractivity contribution in [2.45, 2.75) is 33.6 Å². The molecule has 0 bridgehead atoms. The predicted octanol–water partition coefficient (Wildman–Crippen LogP) is 3.41. The standard InChI is InChI=1S/C25H28N2O6/c1-4-12-32-24(30)18-8-10-20(11-9-18)26-21(28)15-33-25(31)19-13-22(29)27(14-19)23-16(2)6-5-7-17(23)3/h5-11,19H,4,12-15H2,1-3H3,(H,26,28)/t19-/m0/s1. The molecule has 1 saturated heterocycles. The number of aryl methyl sites for hydroxylation is 2. The number of hydrogen-bond donors (Lipinski definition) is 1. The van der Waals surface area contributed by atoms with Crippen molar-refractivity contribution in [2.24, 2.45) is 5.92 Å². The highest BCUT2D eigenvalue weighted by Gasteiger charge is 2.37. The summed E-state index contributed by atoms with van der Waals surface area (Å²) in [6.07, 6.45) is 0.779. The number of nitrogens with one attached hydrogen (secondary N) is 1. The lowest BCUT2D eigenvalue weighted by atomic mass is 10.1. The maximum Gasteiger partial charge on any atom is 0.338 e. The van der Waals surface area contributed by atoms with Crippen molar-refractivity contribution in [1.29, 1.82) is 0 Å². The summed E-state index contributed by atoms with van der Waals surface area (Å²) in [5.41, 5.74) is 3.58. The summed E-state index contributed by atoms with van der Waals surface area (Å²) in [7, 11) is 0. The van der Waals surface area contributed by atoms with E-state index in [0.717, 1.165) is 23.2 Å². The van der Waals surface area contributed by atoms with Gasteiger partial charge in [-0.15, -0.1) is 0 Å². The van der Waals surface area contributed by atoms with Gasteiger partial charge in [-0.3, -0.25) is 14.4 Å². The summed E-state index contributed by atoms with van der Waals surface area (Å²) in [6, 6.07) is 12.0. The molecule has 174 valence electrons. The predicted molar refractivity (Wildman–Crippen MR) is 123 cm³/mol. The molecule has 0 radical (unpaired) electrons. The zero-order chi connectivity index (χ0) is 24.0. The summed E-state index contributed by atoms with van der Waals surface area (Å²) in [6.45, 7) is 5.86. The molecule has 1 aliphatic heterocycles. The van der Waals surface area contributed by atoms with E-state index in [1.807, 2.05) is 39.0 Å². The Bertz CT molecular complexity index is 1030. The minimum atomic E-state index is -0.627. The number of carbonyl (C=O) groups is 4. The van der Waals surface area contributed by atoms with Gasteiger partial charge >= 0.3 is 11.9 Å². The molecule has 8 nitrogen and oxygen atoms in total. The second-order valence-electron chi connectivity index (χ2n) is 8.01. The van der Waals surface area contributed by atoms with Crippen LogP contribution >= 0.6 is 0 Å². The van der Waals surface area contributed by atoms with Crippen LogP contribution in [-0.2, 0) is 23.9 Å². The maximum absolute atomic E-state index is 12.5. The van der Waals surface area contributed by atoms with E-state index in [9.17, 15) is 19.2 Å². The van der Waals surface area contributed by atoms with E-state index >= 15 is 0 Å². The monoisotopic (exact) mass is 452 g/mol. The smallest absolute Gasteiger partial charge is 0.338 e. The van der Waals surface area contributed by atoms with Crippen LogP contribution < -0.4 is 10.2 Å². The number of rotatable bonds is 8. The Kier molecular flexibility index (Phi) is 7.82. The van der Waals surface area contributed by atoms with Gasteiger partial charge in [0.25, 0.3) is 5.91 Å². The molecule has 1 N–H and O–H groups in total.